The van der Waals surface area contributed by atoms with E-state index in [0.717, 1.165) is 11.8 Å². The number of nitrogens with zero attached hydrogens (tertiary/aromatic N) is 3. The maximum Gasteiger partial charge on any atom is 0.342 e. The quantitative estimate of drug-likeness (QED) is 0.671. The number of aromatic carboxylic acids is 1. The van der Waals surface area contributed by atoms with Crippen LogP contribution in [0.3, 0.4) is 0 Å². The van der Waals surface area contributed by atoms with E-state index in [-0.39, 0.29) is 5.56 Å². The molecule has 0 radical (unpaired) electrons. The van der Waals surface area contributed by atoms with Crippen LogP contribution in [0, 0.1) is 10.1 Å². The molecule has 2 aromatic rings. The van der Waals surface area contributed by atoms with Gasteiger partial charge in [0.05, 0.1) is 4.92 Å². The molecule has 0 fully saturated rings. The van der Waals surface area contributed by atoms with Crippen molar-refractivity contribution >= 4 is 28.8 Å². The third-order valence-electron chi connectivity index (χ3n) is 2.69. The Labute approximate surface area is 118 Å². The summed E-state index contributed by atoms with van der Waals surface area (Å²) in [5.74, 6) is -0.969. The first-order chi connectivity index (χ1) is 9.49. The van der Waals surface area contributed by atoms with Crippen LogP contribution >= 0.6 is 11.3 Å². The van der Waals surface area contributed by atoms with Crippen LogP contribution < -0.4 is 4.90 Å². The summed E-state index contributed by atoms with van der Waals surface area (Å²) in [6, 6.07) is 3.16. The Hall–Kier alpha value is -2.48. The van der Waals surface area contributed by atoms with E-state index in [1.807, 2.05) is 16.8 Å². The average Bonchev–Trinajstić information content (AvgIpc) is 2.90. The van der Waals surface area contributed by atoms with Crippen molar-refractivity contribution in [3.05, 3.63) is 50.3 Å². The van der Waals surface area contributed by atoms with Gasteiger partial charge in [-0.15, -0.1) is 0 Å². The monoisotopic (exact) mass is 293 g/mol. The fourth-order valence-electron chi connectivity index (χ4n) is 1.70. The van der Waals surface area contributed by atoms with Crippen molar-refractivity contribution in [1.29, 1.82) is 0 Å². The minimum absolute atomic E-state index is 0.364. The lowest BCUT2D eigenvalue weighted by molar-refractivity contribution is -0.385. The lowest BCUT2D eigenvalue weighted by Gasteiger charge is -2.17. The van der Waals surface area contributed by atoms with E-state index in [2.05, 4.69) is 4.98 Å². The van der Waals surface area contributed by atoms with E-state index >= 15 is 0 Å². The lowest BCUT2D eigenvalue weighted by atomic mass is 10.2. The second-order valence-electron chi connectivity index (χ2n) is 4.11. The molecule has 0 aliphatic heterocycles. The zero-order valence-corrected chi connectivity index (χ0v) is 11.3. The molecular formula is C12H11N3O4S. The molecule has 2 aromatic heterocycles. The van der Waals surface area contributed by atoms with Crippen LogP contribution in [0.15, 0.2) is 29.1 Å². The molecular weight excluding hydrogens is 282 g/mol. The van der Waals surface area contributed by atoms with Gasteiger partial charge in [-0.3, -0.25) is 10.1 Å². The molecule has 0 saturated heterocycles. The Kier molecular flexibility index (Phi) is 3.94. The van der Waals surface area contributed by atoms with Crippen molar-refractivity contribution in [3.8, 4) is 0 Å². The highest BCUT2D eigenvalue weighted by atomic mass is 32.1. The van der Waals surface area contributed by atoms with Gasteiger partial charge >= 0.3 is 11.7 Å². The Morgan fingerprint density at radius 1 is 1.60 bits per heavy atom. The number of hydrogen-bond donors (Lipinski definition) is 1. The molecule has 2 rings (SSSR count). The number of pyridine rings is 1. The van der Waals surface area contributed by atoms with Crippen molar-refractivity contribution in [2.75, 3.05) is 11.9 Å². The summed E-state index contributed by atoms with van der Waals surface area (Å²) in [6.45, 7) is 0.549. The number of thiophene rings is 1. The van der Waals surface area contributed by atoms with Crippen LogP contribution in [-0.2, 0) is 6.54 Å². The smallest absolute Gasteiger partial charge is 0.342 e. The molecule has 1 N–H and O–H groups in total. The first kappa shape index (κ1) is 13.9. The number of aromatic nitrogens is 1. The minimum Gasteiger partial charge on any atom is -0.477 e. The van der Waals surface area contributed by atoms with Gasteiger partial charge in [0.15, 0.2) is 0 Å². The SMILES string of the molecule is CN(Cc1ccsc1)c1cc(C(=O)O)c([N+](=O)[O-])cn1. The summed E-state index contributed by atoms with van der Waals surface area (Å²) in [7, 11) is 1.75. The zero-order valence-electron chi connectivity index (χ0n) is 10.5. The molecule has 7 nitrogen and oxygen atoms in total. The number of anilines is 1. The van der Waals surface area contributed by atoms with Gasteiger partial charge in [0.1, 0.15) is 17.6 Å². The van der Waals surface area contributed by atoms with Crippen LogP contribution in [0.2, 0.25) is 0 Å². The second-order valence-corrected chi connectivity index (χ2v) is 4.89. The molecule has 8 heteroatoms. The van der Waals surface area contributed by atoms with E-state index in [4.69, 9.17) is 5.11 Å². The third-order valence-corrected chi connectivity index (χ3v) is 3.42. The maximum atomic E-state index is 11.1. The van der Waals surface area contributed by atoms with Gasteiger partial charge in [-0.2, -0.15) is 11.3 Å². The van der Waals surface area contributed by atoms with Gasteiger partial charge in [-0.25, -0.2) is 9.78 Å². The molecule has 0 atom stereocenters. The van der Waals surface area contributed by atoms with Gasteiger partial charge in [-0.05, 0) is 22.4 Å². The number of carbonyl (C=O) groups is 1. The Bertz CT molecular complexity index is 642. The predicted molar refractivity (Wildman–Crippen MR) is 74.3 cm³/mol. The molecule has 0 aliphatic rings. The highest BCUT2D eigenvalue weighted by Crippen LogP contribution is 2.23. The van der Waals surface area contributed by atoms with E-state index in [0.29, 0.717) is 12.4 Å². The number of hydrogen-bond acceptors (Lipinski definition) is 6. The van der Waals surface area contributed by atoms with E-state index in [1.165, 1.54) is 6.07 Å². The first-order valence-corrected chi connectivity index (χ1v) is 6.53. The van der Waals surface area contributed by atoms with Crippen molar-refractivity contribution in [3.63, 3.8) is 0 Å². The predicted octanol–water partition coefficient (Wildman–Crippen LogP) is 2.39. The van der Waals surface area contributed by atoms with Crippen LogP contribution in [0.25, 0.3) is 0 Å². The number of rotatable bonds is 5. The van der Waals surface area contributed by atoms with Gasteiger partial charge in [0.2, 0.25) is 0 Å². The van der Waals surface area contributed by atoms with Crippen LogP contribution in [-0.4, -0.2) is 28.0 Å². The molecule has 104 valence electrons. The van der Waals surface area contributed by atoms with Crippen molar-refractivity contribution in [2.24, 2.45) is 0 Å². The van der Waals surface area contributed by atoms with E-state index < -0.39 is 16.6 Å². The normalized spacial score (nSPS) is 10.2. The fourth-order valence-corrected chi connectivity index (χ4v) is 2.36. The number of nitro groups is 1. The minimum atomic E-state index is -1.34. The van der Waals surface area contributed by atoms with Crippen molar-refractivity contribution in [1.82, 2.24) is 4.98 Å². The summed E-state index contributed by atoms with van der Waals surface area (Å²) in [6.07, 6.45) is 0.975. The molecule has 0 amide bonds. The summed E-state index contributed by atoms with van der Waals surface area (Å²) < 4.78 is 0. The first-order valence-electron chi connectivity index (χ1n) is 5.59. The molecule has 0 aromatic carbocycles. The third kappa shape index (κ3) is 2.91. The highest BCUT2D eigenvalue weighted by molar-refractivity contribution is 7.07. The molecule has 0 bridgehead atoms. The molecule has 20 heavy (non-hydrogen) atoms. The van der Waals surface area contributed by atoms with Gasteiger partial charge in [0, 0.05) is 19.7 Å². The van der Waals surface area contributed by atoms with Crippen molar-refractivity contribution < 1.29 is 14.8 Å². The average molecular weight is 293 g/mol. The maximum absolute atomic E-state index is 11.1. The second kappa shape index (κ2) is 5.66. The number of carboxylic acid groups (broad SMARTS) is 1. The lowest BCUT2D eigenvalue weighted by Crippen LogP contribution is -2.18. The topological polar surface area (TPSA) is 96.6 Å². The number of carboxylic acids is 1. The van der Waals surface area contributed by atoms with Gasteiger partial charge in [-0.1, -0.05) is 0 Å². The summed E-state index contributed by atoms with van der Waals surface area (Å²) >= 11 is 1.56. The molecule has 0 spiro atoms. The Morgan fingerprint density at radius 2 is 2.35 bits per heavy atom. The highest BCUT2D eigenvalue weighted by Gasteiger charge is 2.22. The zero-order chi connectivity index (χ0) is 14.7. The Morgan fingerprint density at radius 3 is 2.90 bits per heavy atom. The molecule has 0 aliphatic carbocycles. The Balaban J connectivity index is 2.31. The standard InChI is InChI=1S/C12H11N3O4S/c1-14(6-8-2-3-20-7-8)11-4-9(12(16)17)10(5-13-11)15(18)19/h2-5,7H,6H2,1H3,(H,16,17). The van der Waals surface area contributed by atoms with Crippen molar-refractivity contribution in [2.45, 2.75) is 6.54 Å². The molecule has 2 heterocycles. The largest absolute Gasteiger partial charge is 0.477 e. The molecule has 0 unspecified atom stereocenters. The van der Waals surface area contributed by atoms with Gasteiger partial charge in [0.25, 0.3) is 0 Å². The van der Waals surface area contributed by atoms with E-state index in [1.54, 1.807) is 23.3 Å². The van der Waals surface area contributed by atoms with Crippen LogP contribution in [0.1, 0.15) is 15.9 Å². The van der Waals surface area contributed by atoms with Gasteiger partial charge < -0.3 is 10.0 Å². The summed E-state index contributed by atoms with van der Waals surface area (Å²) in [4.78, 5) is 26.8. The molecule has 0 saturated carbocycles. The van der Waals surface area contributed by atoms with Crippen LogP contribution in [0.5, 0.6) is 0 Å². The fraction of sp³-hybridized carbons (Fsp3) is 0.167. The van der Waals surface area contributed by atoms with E-state index in [9.17, 15) is 14.9 Å². The van der Waals surface area contributed by atoms with Crippen LogP contribution in [0.4, 0.5) is 11.5 Å². The summed E-state index contributed by atoms with van der Waals surface area (Å²) in [5.41, 5.74) is 0.192. The summed E-state index contributed by atoms with van der Waals surface area (Å²) in [5, 5.41) is 23.7.